The Morgan fingerprint density at radius 1 is 1.23 bits per heavy atom. The van der Waals surface area contributed by atoms with Crippen LogP contribution in [0.1, 0.15) is 23.6 Å². The third-order valence-electron chi connectivity index (χ3n) is 3.90. The number of nitrogens with zero attached hydrogens (tertiary/aromatic N) is 1. The van der Waals surface area contributed by atoms with Gasteiger partial charge in [0.05, 0.1) is 11.6 Å². The van der Waals surface area contributed by atoms with Crippen molar-refractivity contribution in [2.75, 3.05) is 6.26 Å². The summed E-state index contributed by atoms with van der Waals surface area (Å²) >= 11 is 1.74. The van der Waals surface area contributed by atoms with E-state index in [-0.39, 0.29) is 5.56 Å². The second kappa shape index (κ2) is 6.02. The van der Waals surface area contributed by atoms with Gasteiger partial charge in [-0.2, -0.15) is 5.26 Å². The maximum atomic E-state index is 13.5. The monoisotopic (exact) mass is 313 g/mol. The summed E-state index contributed by atoms with van der Waals surface area (Å²) in [5.41, 5.74) is 2.82. The molecule has 2 aromatic rings. The molecule has 3 rings (SSSR count). The number of hydrogen-bond donors (Lipinski definition) is 0. The molecule has 0 N–H and O–H groups in total. The normalized spacial score (nSPS) is 16.2. The van der Waals surface area contributed by atoms with Crippen LogP contribution >= 0.6 is 11.8 Å². The molecule has 0 amide bonds. The first-order chi connectivity index (χ1) is 10.6. The van der Waals surface area contributed by atoms with Crippen LogP contribution in [0.25, 0.3) is 0 Å². The molecule has 112 valence electrons. The molecule has 0 heterocycles. The van der Waals surface area contributed by atoms with Crippen LogP contribution in [0.3, 0.4) is 0 Å². The first kappa shape index (κ1) is 14.9. The largest absolute Gasteiger partial charge is 0.457 e. The molecule has 0 spiro atoms. The average molecular weight is 313 g/mol. The number of hydrogen-bond acceptors (Lipinski definition) is 3. The summed E-state index contributed by atoms with van der Waals surface area (Å²) in [6.07, 6.45) is 4.10. The van der Waals surface area contributed by atoms with E-state index < -0.39 is 5.82 Å². The van der Waals surface area contributed by atoms with Gasteiger partial charge in [0.1, 0.15) is 17.3 Å². The highest BCUT2D eigenvalue weighted by Crippen LogP contribution is 2.40. The minimum atomic E-state index is -0.459. The zero-order chi connectivity index (χ0) is 15.7. The lowest BCUT2D eigenvalue weighted by Crippen LogP contribution is -1.94. The third-order valence-corrected chi connectivity index (χ3v) is 4.72. The van der Waals surface area contributed by atoms with Gasteiger partial charge in [-0.15, -0.1) is 11.8 Å². The molecule has 1 atom stereocenters. The zero-order valence-electron chi connectivity index (χ0n) is 12.5. The van der Waals surface area contributed by atoms with E-state index in [1.54, 1.807) is 17.8 Å². The van der Waals surface area contributed by atoms with Gasteiger partial charge in [0, 0.05) is 11.0 Å². The molecule has 2 nitrogen and oxygen atoms in total. The number of halogens is 1. The van der Waals surface area contributed by atoms with Crippen molar-refractivity contribution in [2.45, 2.75) is 24.7 Å². The van der Waals surface area contributed by atoms with Crippen LogP contribution in [0.2, 0.25) is 0 Å². The van der Waals surface area contributed by atoms with Gasteiger partial charge >= 0.3 is 0 Å². The molecular weight excluding hydrogens is 297 g/mol. The number of ether oxygens (including phenoxy) is 1. The molecule has 0 aromatic heterocycles. The van der Waals surface area contributed by atoms with Gasteiger partial charge in [-0.3, -0.25) is 0 Å². The molecule has 0 aliphatic heterocycles. The van der Waals surface area contributed by atoms with Crippen LogP contribution in [0.5, 0.6) is 11.5 Å². The summed E-state index contributed by atoms with van der Waals surface area (Å²) in [5, 5.41) is 8.94. The fraction of sp³-hybridized carbons (Fsp3) is 0.278. The topological polar surface area (TPSA) is 33.0 Å². The standard InChI is InChI=1S/C18H16FNOS/c1-11-5-15-16(6-11)18(22-2)4-3-17(15)21-14-8-12(10-20)7-13(19)9-14/h3-4,7-9,11H,5-6H2,1-2H3/t11-/m0/s1. The van der Waals surface area contributed by atoms with Crippen molar-refractivity contribution in [3.05, 3.63) is 52.8 Å². The van der Waals surface area contributed by atoms with Crippen molar-refractivity contribution in [2.24, 2.45) is 5.92 Å². The molecule has 0 radical (unpaired) electrons. The molecule has 0 saturated heterocycles. The van der Waals surface area contributed by atoms with Gasteiger partial charge in [-0.1, -0.05) is 6.92 Å². The second-order valence-corrected chi connectivity index (χ2v) is 6.47. The van der Waals surface area contributed by atoms with Crippen molar-refractivity contribution in [3.8, 4) is 17.6 Å². The van der Waals surface area contributed by atoms with Crippen LogP contribution in [0.15, 0.2) is 35.2 Å². The van der Waals surface area contributed by atoms with Crippen molar-refractivity contribution < 1.29 is 9.13 Å². The highest BCUT2D eigenvalue weighted by Gasteiger charge is 2.24. The zero-order valence-corrected chi connectivity index (χ0v) is 13.3. The lowest BCUT2D eigenvalue weighted by molar-refractivity contribution is 0.469. The summed E-state index contributed by atoms with van der Waals surface area (Å²) < 4.78 is 19.4. The quantitative estimate of drug-likeness (QED) is 0.752. The van der Waals surface area contributed by atoms with E-state index in [2.05, 4.69) is 19.2 Å². The van der Waals surface area contributed by atoms with Crippen LogP contribution in [-0.2, 0) is 12.8 Å². The Hall–Kier alpha value is -1.99. The smallest absolute Gasteiger partial charge is 0.131 e. The van der Waals surface area contributed by atoms with E-state index in [0.717, 1.165) is 18.6 Å². The van der Waals surface area contributed by atoms with Gasteiger partial charge in [-0.25, -0.2) is 4.39 Å². The predicted molar refractivity (Wildman–Crippen MR) is 86.0 cm³/mol. The maximum absolute atomic E-state index is 13.5. The Kier molecular flexibility index (Phi) is 4.08. The average Bonchev–Trinajstić information content (AvgIpc) is 2.89. The third kappa shape index (κ3) is 2.82. The molecule has 4 heteroatoms. The molecule has 0 fully saturated rings. The van der Waals surface area contributed by atoms with Crippen molar-refractivity contribution >= 4 is 11.8 Å². The minimum absolute atomic E-state index is 0.265. The number of thioether (sulfide) groups is 1. The Labute approximate surface area is 133 Å². The highest BCUT2D eigenvalue weighted by molar-refractivity contribution is 7.98. The fourth-order valence-electron chi connectivity index (χ4n) is 2.97. The van der Waals surface area contributed by atoms with E-state index in [9.17, 15) is 4.39 Å². The SMILES string of the molecule is CSc1ccc(Oc2cc(F)cc(C#N)c2)c2c1C[C@@H](C)C2. The summed E-state index contributed by atoms with van der Waals surface area (Å²) in [6, 6.07) is 10.0. The summed E-state index contributed by atoms with van der Waals surface area (Å²) in [5.74, 6) is 1.27. The van der Waals surface area contributed by atoms with Crippen LogP contribution in [0.4, 0.5) is 4.39 Å². The minimum Gasteiger partial charge on any atom is -0.457 e. The Balaban J connectivity index is 1.99. The lowest BCUT2D eigenvalue weighted by Gasteiger charge is -2.13. The molecule has 2 aromatic carbocycles. The second-order valence-electron chi connectivity index (χ2n) is 5.63. The van der Waals surface area contributed by atoms with Crippen molar-refractivity contribution in [1.82, 2.24) is 0 Å². The van der Waals surface area contributed by atoms with Gasteiger partial charge in [0.15, 0.2) is 0 Å². The Morgan fingerprint density at radius 3 is 2.73 bits per heavy atom. The molecular formula is C18H16FNOS. The van der Waals surface area contributed by atoms with E-state index in [0.29, 0.717) is 11.7 Å². The summed E-state index contributed by atoms with van der Waals surface area (Å²) in [7, 11) is 0. The lowest BCUT2D eigenvalue weighted by atomic mass is 10.1. The molecule has 22 heavy (non-hydrogen) atoms. The maximum Gasteiger partial charge on any atom is 0.131 e. The number of rotatable bonds is 3. The Bertz CT molecular complexity index is 766. The fourth-order valence-corrected chi connectivity index (χ4v) is 3.62. The number of nitriles is 1. The summed E-state index contributed by atoms with van der Waals surface area (Å²) in [4.78, 5) is 1.28. The van der Waals surface area contributed by atoms with Gasteiger partial charge in [0.2, 0.25) is 0 Å². The number of benzene rings is 2. The highest BCUT2D eigenvalue weighted by atomic mass is 32.2. The first-order valence-corrected chi connectivity index (χ1v) is 8.40. The molecule has 1 aliphatic rings. The first-order valence-electron chi connectivity index (χ1n) is 7.18. The van der Waals surface area contributed by atoms with Gasteiger partial charge in [-0.05, 0) is 60.4 Å². The number of fused-ring (bicyclic) bond motifs is 1. The van der Waals surface area contributed by atoms with Crippen LogP contribution in [-0.4, -0.2) is 6.26 Å². The summed E-state index contributed by atoms with van der Waals surface area (Å²) in [6.45, 7) is 2.23. The molecule has 0 unspecified atom stereocenters. The van der Waals surface area contributed by atoms with Crippen LogP contribution in [0, 0.1) is 23.1 Å². The van der Waals surface area contributed by atoms with Gasteiger partial charge < -0.3 is 4.74 Å². The van der Waals surface area contributed by atoms with Crippen molar-refractivity contribution in [3.63, 3.8) is 0 Å². The van der Waals surface area contributed by atoms with E-state index in [1.807, 2.05) is 12.1 Å². The van der Waals surface area contributed by atoms with Gasteiger partial charge in [0.25, 0.3) is 0 Å². The van der Waals surface area contributed by atoms with E-state index >= 15 is 0 Å². The molecule has 1 aliphatic carbocycles. The molecule has 0 bridgehead atoms. The van der Waals surface area contributed by atoms with E-state index in [4.69, 9.17) is 10.00 Å². The predicted octanol–water partition coefficient (Wildman–Crippen LogP) is 4.95. The van der Waals surface area contributed by atoms with Crippen molar-refractivity contribution in [1.29, 1.82) is 5.26 Å². The Morgan fingerprint density at radius 2 is 2.00 bits per heavy atom. The van der Waals surface area contributed by atoms with E-state index in [1.165, 1.54) is 28.2 Å². The molecule has 0 saturated carbocycles. The van der Waals surface area contributed by atoms with Crippen LogP contribution < -0.4 is 4.74 Å².